The molecular formula is C21H30FN3O3S. The molecule has 2 aliphatic rings. The Balaban J connectivity index is 1.58. The first-order chi connectivity index (χ1) is 13.8. The molecule has 6 nitrogen and oxygen atoms in total. The number of halogens is 1. The predicted octanol–water partition coefficient (Wildman–Crippen LogP) is 2.88. The molecule has 1 amide bonds. The lowest BCUT2D eigenvalue weighted by Gasteiger charge is -2.38. The molecule has 8 heteroatoms. The first kappa shape index (κ1) is 21.9. The number of carbonyl (C=O) groups excluding carboxylic acids is 1. The summed E-state index contributed by atoms with van der Waals surface area (Å²) in [7, 11) is -1.82. The van der Waals surface area contributed by atoms with Crippen LogP contribution >= 0.6 is 0 Å². The van der Waals surface area contributed by atoms with E-state index in [1.165, 1.54) is 33.2 Å². The molecule has 0 atom stereocenters. The Morgan fingerprint density at radius 1 is 1.07 bits per heavy atom. The van der Waals surface area contributed by atoms with Gasteiger partial charge < -0.3 is 4.90 Å². The summed E-state index contributed by atoms with van der Waals surface area (Å²) in [6.45, 7) is 3.14. The molecule has 0 bridgehead atoms. The van der Waals surface area contributed by atoms with Gasteiger partial charge in [0.25, 0.3) is 10.2 Å². The molecule has 1 heterocycles. The summed E-state index contributed by atoms with van der Waals surface area (Å²) in [5.74, 6) is -0.465. The number of nitrogens with zero attached hydrogens (tertiary/aromatic N) is 3. The molecule has 1 saturated heterocycles. The highest BCUT2D eigenvalue weighted by atomic mass is 32.2. The molecule has 160 valence electrons. The first-order valence-electron chi connectivity index (χ1n) is 10.3. The van der Waals surface area contributed by atoms with Crippen molar-refractivity contribution in [2.24, 2.45) is 0 Å². The van der Waals surface area contributed by atoms with E-state index in [0.717, 1.165) is 36.8 Å². The standard InChI is InChI=1S/C21H30FN3O3S/c1-17(18-8-10-19(22)11-9-18)16-21(26)24-12-14-25(15-13-24)29(27,28)23(2)20-6-4-3-5-7-20/h8-11,16,20H,3-7,12-15H2,1-2H3/b17-16+. The molecular weight excluding hydrogens is 393 g/mol. The zero-order chi connectivity index (χ0) is 21.0. The Bertz CT molecular complexity index is 840. The van der Waals surface area contributed by atoms with Gasteiger partial charge in [0.2, 0.25) is 5.91 Å². The molecule has 1 aromatic rings. The second kappa shape index (κ2) is 9.36. The Kier molecular flexibility index (Phi) is 7.08. The van der Waals surface area contributed by atoms with Gasteiger partial charge in [0.15, 0.2) is 0 Å². The van der Waals surface area contributed by atoms with E-state index in [0.29, 0.717) is 26.2 Å². The van der Waals surface area contributed by atoms with E-state index in [1.807, 2.05) is 6.92 Å². The third-order valence-corrected chi connectivity index (χ3v) is 8.01. The van der Waals surface area contributed by atoms with E-state index in [-0.39, 0.29) is 17.8 Å². The second-order valence-electron chi connectivity index (χ2n) is 7.87. The lowest BCUT2D eigenvalue weighted by Crippen LogP contribution is -2.55. The van der Waals surface area contributed by atoms with Crippen LogP contribution in [0.2, 0.25) is 0 Å². The van der Waals surface area contributed by atoms with Crippen LogP contribution in [0.5, 0.6) is 0 Å². The highest BCUT2D eigenvalue weighted by Crippen LogP contribution is 2.25. The summed E-state index contributed by atoms with van der Waals surface area (Å²) in [4.78, 5) is 14.2. The molecule has 0 aromatic heterocycles. The molecule has 0 unspecified atom stereocenters. The van der Waals surface area contributed by atoms with Gasteiger partial charge in [-0.1, -0.05) is 31.4 Å². The zero-order valence-electron chi connectivity index (χ0n) is 17.2. The van der Waals surface area contributed by atoms with Crippen molar-refractivity contribution >= 4 is 21.7 Å². The maximum Gasteiger partial charge on any atom is 0.282 e. The SMILES string of the molecule is C/C(=C\C(=O)N1CCN(S(=O)(=O)N(C)C2CCCCC2)CC1)c1ccc(F)cc1. The van der Waals surface area contributed by atoms with Crippen molar-refractivity contribution in [3.63, 3.8) is 0 Å². The Morgan fingerprint density at radius 2 is 1.66 bits per heavy atom. The van der Waals surface area contributed by atoms with Gasteiger partial charge in [-0.05, 0) is 43.0 Å². The van der Waals surface area contributed by atoms with Crippen LogP contribution in [0.1, 0.15) is 44.6 Å². The van der Waals surface area contributed by atoms with Crippen LogP contribution in [0, 0.1) is 5.82 Å². The number of allylic oxidation sites excluding steroid dienone is 1. The first-order valence-corrected chi connectivity index (χ1v) is 11.6. The topological polar surface area (TPSA) is 60.9 Å². The normalized spacial score (nSPS) is 20.3. The summed E-state index contributed by atoms with van der Waals surface area (Å²) >= 11 is 0. The summed E-state index contributed by atoms with van der Waals surface area (Å²) in [5.41, 5.74) is 1.54. The van der Waals surface area contributed by atoms with E-state index in [4.69, 9.17) is 0 Å². The van der Waals surface area contributed by atoms with Gasteiger partial charge in [0.05, 0.1) is 0 Å². The molecule has 0 N–H and O–H groups in total. The van der Waals surface area contributed by atoms with Crippen LogP contribution in [-0.2, 0) is 15.0 Å². The van der Waals surface area contributed by atoms with Gasteiger partial charge in [0, 0.05) is 45.3 Å². The largest absolute Gasteiger partial charge is 0.337 e. The molecule has 0 spiro atoms. The van der Waals surface area contributed by atoms with Crippen LogP contribution in [0.25, 0.3) is 5.57 Å². The Morgan fingerprint density at radius 3 is 2.24 bits per heavy atom. The van der Waals surface area contributed by atoms with Gasteiger partial charge in [-0.2, -0.15) is 17.0 Å². The monoisotopic (exact) mass is 423 g/mol. The van der Waals surface area contributed by atoms with Gasteiger partial charge in [-0.25, -0.2) is 4.39 Å². The Labute approximate surface area is 173 Å². The highest BCUT2D eigenvalue weighted by Gasteiger charge is 2.35. The number of amides is 1. The number of piperazine rings is 1. The second-order valence-corrected chi connectivity index (χ2v) is 9.86. The number of carbonyl (C=O) groups is 1. The molecule has 1 aromatic carbocycles. The molecule has 3 rings (SSSR count). The maximum absolute atomic E-state index is 13.1. The molecule has 29 heavy (non-hydrogen) atoms. The fourth-order valence-corrected chi connectivity index (χ4v) is 5.60. The van der Waals surface area contributed by atoms with Gasteiger partial charge >= 0.3 is 0 Å². The van der Waals surface area contributed by atoms with Crippen LogP contribution < -0.4 is 0 Å². The smallest absolute Gasteiger partial charge is 0.282 e. The van der Waals surface area contributed by atoms with Crippen molar-refractivity contribution in [1.29, 1.82) is 0 Å². The van der Waals surface area contributed by atoms with Crippen LogP contribution in [0.15, 0.2) is 30.3 Å². The van der Waals surface area contributed by atoms with Crippen molar-refractivity contribution in [1.82, 2.24) is 13.5 Å². The molecule has 1 aliphatic carbocycles. The van der Waals surface area contributed by atoms with E-state index >= 15 is 0 Å². The molecule has 0 radical (unpaired) electrons. The third-order valence-electron chi connectivity index (χ3n) is 5.97. The number of hydrogen-bond acceptors (Lipinski definition) is 3. The number of rotatable bonds is 5. The van der Waals surface area contributed by atoms with E-state index in [9.17, 15) is 17.6 Å². The maximum atomic E-state index is 13.1. The van der Waals surface area contributed by atoms with Gasteiger partial charge in [-0.3, -0.25) is 4.79 Å². The predicted molar refractivity (Wildman–Crippen MR) is 112 cm³/mol. The van der Waals surface area contributed by atoms with Crippen molar-refractivity contribution in [2.75, 3.05) is 33.2 Å². The number of benzene rings is 1. The van der Waals surface area contributed by atoms with Crippen molar-refractivity contribution in [2.45, 2.75) is 45.1 Å². The molecule has 2 fully saturated rings. The number of hydrogen-bond donors (Lipinski definition) is 0. The van der Waals surface area contributed by atoms with E-state index in [2.05, 4.69) is 0 Å². The van der Waals surface area contributed by atoms with Crippen LogP contribution in [-0.4, -0.2) is 67.1 Å². The minimum Gasteiger partial charge on any atom is -0.337 e. The molecule has 1 aliphatic heterocycles. The quantitative estimate of drug-likeness (QED) is 0.684. The summed E-state index contributed by atoms with van der Waals surface area (Å²) in [6, 6.07) is 6.09. The van der Waals surface area contributed by atoms with E-state index in [1.54, 1.807) is 24.1 Å². The van der Waals surface area contributed by atoms with Gasteiger partial charge in [0.1, 0.15) is 5.82 Å². The van der Waals surface area contributed by atoms with Crippen LogP contribution in [0.4, 0.5) is 4.39 Å². The summed E-state index contributed by atoms with van der Waals surface area (Å²) in [6.07, 6.45) is 6.70. The minimum atomic E-state index is -3.50. The minimum absolute atomic E-state index is 0.0784. The zero-order valence-corrected chi connectivity index (χ0v) is 18.0. The van der Waals surface area contributed by atoms with Crippen LogP contribution in [0.3, 0.4) is 0 Å². The van der Waals surface area contributed by atoms with Crippen molar-refractivity contribution in [3.8, 4) is 0 Å². The highest BCUT2D eigenvalue weighted by molar-refractivity contribution is 7.86. The molecule has 1 saturated carbocycles. The lowest BCUT2D eigenvalue weighted by atomic mass is 9.96. The van der Waals surface area contributed by atoms with Crippen molar-refractivity contribution < 1.29 is 17.6 Å². The van der Waals surface area contributed by atoms with Gasteiger partial charge in [-0.15, -0.1) is 0 Å². The average Bonchev–Trinajstić information content (AvgIpc) is 2.74. The summed E-state index contributed by atoms with van der Waals surface area (Å²) < 4.78 is 42.0. The summed E-state index contributed by atoms with van der Waals surface area (Å²) in [5, 5.41) is 0. The van der Waals surface area contributed by atoms with E-state index < -0.39 is 10.2 Å². The van der Waals surface area contributed by atoms with Crippen molar-refractivity contribution in [3.05, 3.63) is 41.7 Å². The fraction of sp³-hybridized carbons (Fsp3) is 0.571. The Hall–Kier alpha value is -1.77. The fourth-order valence-electron chi connectivity index (χ4n) is 4.03. The average molecular weight is 424 g/mol. The lowest BCUT2D eigenvalue weighted by molar-refractivity contribution is -0.127. The third kappa shape index (κ3) is 5.24.